The number of hydrogen-bond acceptors (Lipinski definition) is 3. The summed E-state index contributed by atoms with van der Waals surface area (Å²) < 4.78 is 18.0. The van der Waals surface area contributed by atoms with E-state index in [0.29, 0.717) is 16.7 Å². The van der Waals surface area contributed by atoms with E-state index < -0.39 is 17.2 Å². The van der Waals surface area contributed by atoms with Crippen LogP contribution in [0.3, 0.4) is 0 Å². The average molecular weight is 380 g/mol. The Morgan fingerprint density at radius 1 is 1.39 bits per heavy atom. The minimum atomic E-state index is -1.33. The molecule has 2 heterocycles. The van der Waals surface area contributed by atoms with Gasteiger partial charge >= 0.3 is 5.97 Å². The molecule has 0 atom stereocenters. The quantitative estimate of drug-likeness (QED) is 0.758. The molecule has 2 aromatic heterocycles. The summed E-state index contributed by atoms with van der Waals surface area (Å²) in [7, 11) is 0. The van der Waals surface area contributed by atoms with Crippen LogP contribution < -0.4 is 5.43 Å². The summed E-state index contributed by atoms with van der Waals surface area (Å²) in [5.41, 5.74) is -0.393. The first kappa shape index (κ1) is 15.4. The topological polar surface area (TPSA) is 77.1 Å². The van der Waals surface area contributed by atoms with E-state index in [-0.39, 0.29) is 16.6 Å². The molecule has 0 bridgehead atoms. The summed E-state index contributed by atoms with van der Waals surface area (Å²) in [6, 6.07) is 2.58. The number of imidazole rings is 1. The highest BCUT2D eigenvalue weighted by Gasteiger charge is 2.17. The normalized spacial score (nSPS) is 11.1. The highest BCUT2D eigenvalue weighted by Crippen LogP contribution is 2.22. The van der Waals surface area contributed by atoms with Gasteiger partial charge in [0.1, 0.15) is 22.3 Å². The number of benzene rings is 1. The van der Waals surface area contributed by atoms with Gasteiger partial charge in [0.05, 0.1) is 11.2 Å². The predicted molar refractivity (Wildman–Crippen MR) is 85.6 cm³/mol. The monoisotopic (exact) mass is 379 g/mol. The van der Waals surface area contributed by atoms with Crippen LogP contribution in [0.25, 0.3) is 16.6 Å². The second kappa shape index (κ2) is 5.62. The largest absolute Gasteiger partial charge is 0.477 e. The Morgan fingerprint density at radius 2 is 2.13 bits per heavy atom. The first-order chi connectivity index (χ1) is 10.9. The number of carboxylic acids is 1. The zero-order chi connectivity index (χ0) is 16.7. The van der Waals surface area contributed by atoms with Gasteiger partial charge in [-0.05, 0) is 35.0 Å². The van der Waals surface area contributed by atoms with Crippen molar-refractivity contribution in [3.05, 3.63) is 57.1 Å². The third-order valence-corrected chi connectivity index (χ3v) is 3.96. The summed E-state index contributed by atoms with van der Waals surface area (Å²) in [4.78, 5) is 27.4. The number of nitrogens with zero attached hydrogens (tertiary/aromatic N) is 3. The van der Waals surface area contributed by atoms with Crippen molar-refractivity contribution in [2.24, 2.45) is 0 Å². The van der Waals surface area contributed by atoms with Crippen LogP contribution in [-0.2, 0) is 6.54 Å². The van der Waals surface area contributed by atoms with Crippen LogP contribution in [0.2, 0.25) is 0 Å². The molecule has 8 heteroatoms. The van der Waals surface area contributed by atoms with Gasteiger partial charge in [0.15, 0.2) is 0 Å². The molecule has 0 aliphatic heterocycles. The van der Waals surface area contributed by atoms with Gasteiger partial charge in [0, 0.05) is 24.3 Å². The van der Waals surface area contributed by atoms with E-state index in [1.807, 2.05) is 6.92 Å². The molecule has 1 N–H and O–H groups in total. The summed E-state index contributed by atoms with van der Waals surface area (Å²) in [6.07, 6.45) is 4.30. The third kappa shape index (κ3) is 2.55. The molecule has 0 fully saturated rings. The summed E-state index contributed by atoms with van der Waals surface area (Å²) >= 11 is 3.19. The molecular weight excluding hydrogens is 369 g/mol. The molecule has 0 aliphatic carbocycles. The van der Waals surface area contributed by atoms with E-state index in [0.717, 1.165) is 6.07 Å². The SMILES string of the molecule is CCn1cc(C(=O)O)c(=O)c2cc(F)c(-n3cnc(Br)c3)cc21. The minimum Gasteiger partial charge on any atom is -0.477 e. The zero-order valence-electron chi connectivity index (χ0n) is 12.0. The second-order valence-corrected chi connectivity index (χ2v) is 5.70. The van der Waals surface area contributed by atoms with Crippen molar-refractivity contribution in [1.29, 1.82) is 0 Å². The second-order valence-electron chi connectivity index (χ2n) is 4.89. The number of aromatic nitrogens is 3. The Labute approximate surface area is 137 Å². The molecule has 3 rings (SSSR count). The molecule has 0 amide bonds. The average Bonchev–Trinajstić information content (AvgIpc) is 2.93. The molecule has 118 valence electrons. The maximum absolute atomic E-state index is 14.4. The highest BCUT2D eigenvalue weighted by atomic mass is 79.9. The number of aromatic carboxylic acids is 1. The number of fused-ring (bicyclic) bond motifs is 1. The van der Waals surface area contributed by atoms with Crippen LogP contribution in [0.5, 0.6) is 0 Å². The van der Waals surface area contributed by atoms with Crippen molar-refractivity contribution in [3.63, 3.8) is 0 Å². The van der Waals surface area contributed by atoms with E-state index in [2.05, 4.69) is 20.9 Å². The molecule has 0 saturated heterocycles. The number of aryl methyl sites for hydroxylation is 1. The standard InChI is InChI=1S/C15H11BrFN3O3/c1-2-19-5-9(15(22)23)14(21)8-3-10(17)12(4-11(8)19)20-6-13(16)18-7-20/h3-7H,2H2,1H3,(H,22,23). The lowest BCUT2D eigenvalue weighted by molar-refractivity contribution is 0.0695. The van der Waals surface area contributed by atoms with Gasteiger partial charge in [-0.15, -0.1) is 0 Å². The number of carbonyl (C=O) groups is 1. The van der Waals surface area contributed by atoms with E-state index in [1.165, 1.54) is 23.2 Å². The molecule has 1 aromatic carbocycles. The Morgan fingerprint density at radius 3 is 2.70 bits per heavy atom. The molecule has 0 saturated carbocycles. The molecule has 23 heavy (non-hydrogen) atoms. The predicted octanol–water partition coefficient (Wildman–Crippen LogP) is 2.81. The molecule has 0 aliphatic rings. The highest BCUT2D eigenvalue weighted by molar-refractivity contribution is 9.10. The fourth-order valence-electron chi connectivity index (χ4n) is 2.44. The van der Waals surface area contributed by atoms with Gasteiger partial charge in [-0.1, -0.05) is 0 Å². The minimum absolute atomic E-state index is 0.0344. The van der Waals surface area contributed by atoms with Crippen molar-refractivity contribution < 1.29 is 14.3 Å². The van der Waals surface area contributed by atoms with Crippen molar-refractivity contribution in [1.82, 2.24) is 14.1 Å². The molecule has 0 radical (unpaired) electrons. The fourth-order valence-corrected chi connectivity index (χ4v) is 2.75. The van der Waals surface area contributed by atoms with Crippen LogP contribution in [0.1, 0.15) is 17.3 Å². The Balaban J connectivity index is 2.38. The summed E-state index contributed by atoms with van der Waals surface area (Å²) in [5.74, 6) is -1.97. The summed E-state index contributed by atoms with van der Waals surface area (Å²) in [5, 5.41) is 9.16. The smallest absolute Gasteiger partial charge is 0.341 e. The number of halogens is 2. The van der Waals surface area contributed by atoms with Crippen LogP contribution in [-0.4, -0.2) is 25.2 Å². The number of rotatable bonds is 3. The van der Waals surface area contributed by atoms with E-state index >= 15 is 0 Å². The lowest BCUT2D eigenvalue weighted by atomic mass is 10.1. The molecule has 6 nitrogen and oxygen atoms in total. The number of hydrogen-bond donors (Lipinski definition) is 1. The third-order valence-electron chi connectivity index (χ3n) is 3.55. The number of carboxylic acid groups (broad SMARTS) is 1. The van der Waals surface area contributed by atoms with Gasteiger partial charge < -0.3 is 14.2 Å². The van der Waals surface area contributed by atoms with Gasteiger partial charge in [-0.25, -0.2) is 14.2 Å². The first-order valence-electron chi connectivity index (χ1n) is 6.72. The van der Waals surface area contributed by atoms with Crippen molar-refractivity contribution in [3.8, 4) is 5.69 Å². The van der Waals surface area contributed by atoms with Gasteiger partial charge in [0.25, 0.3) is 0 Å². The maximum atomic E-state index is 14.4. The molecule has 0 unspecified atom stereocenters. The number of pyridine rings is 1. The fraction of sp³-hybridized carbons (Fsp3) is 0.133. The Hall–Kier alpha value is -2.48. The van der Waals surface area contributed by atoms with Gasteiger partial charge in [-0.2, -0.15) is 0 Å². The van der Waals surface area contributed by atoms with Gasteiger partial charge in [0.2, 0.25) is 5.43 Å². The molecule has 0 spiro atoms. The van der Waals surface area contributed by atoms with E-state index in [1.54, 1.807) is 10.8 Å². The van der Waals surface area contributed by atoms with Crippen LogP contribution in [0.4, 0.5) is 4.39 Å². The van der Waals surface area contributed by atoms with Crippen molar-refractivity contribution >= 4 is 32.8 Å². The van der Waals surface area contributed by atoms with Crippen LogP contribution in [0, 0.1) is 5.82 Å². The van der Waals surface area contributed by atoms with Crippen molar-refractivity contribution in [2.45, 2.75) is 13.5 Å². The maximum Gasteiger partial charge on any atom is 0.341 e. The van der Waals surface area contributed by atoms with Crippen LogP contribution in [0.15, 0.2) is 40.3 Å². The lowest BCUT2D eigenvalue weighted by Gasteiger charge is -2.12. The van der Waals surface area contributed by atoms with Gasteiger partial charge in [-0.3, -0.25) is 4.79 Å². The lowest BCUT2D eigenvalue weighted by Crippen LogP contribution is -2.19. The Bertz CT molecular complexity index is 994. The van der Waals surface area contributed by atoms with E-state index in [4.69, 9.17) is 5.11 Å². The molecular formula is C15H11BrFN3O3. The van der Waals surface area contributed by atoms with Crippen LogP contribution >= 0.6 is 15.9 Å². The van der Waals surface area contributed by atoms with E-state index in [9.17, 15) is 14.0 Å². The van der Waals surface area contributed by atoms with Crippen molar-refractivity contribution in [2.75, 3.05) is 0 Å². The zero-order valence-corrected chi connectivity index (χ0v) is 13.5. The summed E-state index contributed by atoms with van der Waals surface area (Å²) in [6.45, 7) is 2.25. The molecule has 3 aromatic rings. The first-order valence-corrected chi connectivity index (χ1v) is 7.51. The Kier molecular flexibility index (Phi) is 3.77.